The fourth-order valence-electron chi connectivity index (χ4n) is 1.75. The van der Waals surface area contributed by atoms with Crippen LogP contribution in [0, 0.1) is 6.92 Å². The summed E-state index contributed by atoms with van der Waals surface area (Å²) in [6, 6.07) is 5.98. The first kappa shape index (κ1) is 14.2. The van der Waals surface area contributed by atoms with E-state index in [1.165, 1.54) is 36.6 Å². The van der Waals surface area contributed by atoms with E-state index in [0.717, 1.165) is 11.3 Å². The minimum absolute atomic E-state index is 0.125. The Morgan fingerprint density at radius 2 is 1.79 bits per heavy atom. The van der Waals surface area contributed by atoms with Gasteiger partial charge < -0.3 is 0 Å². The molecule has 0 aliphatic heterocycles. The monoisotopic (exact) mass is 314 g/mol. The summed E-state index contributed by atoms with van der Waals surface area (Å²) in [6.07, 6.45) is 0. The largest absolute Gasteiger partial charge is 0.294 e. The van der Waals surface area contributed by atoms with Crippen LogP contribution in [0.5, 0.6) is 0 Å². The molecule has 100 valence electrons. The first-order valence-electron chi connectivity index (χ1n) is 5.43. The molecule has 1 heterocycles. The highest BCUT2D eigenvalue weighted by atomic mass is 35.5. The second-order valence-electron chi connectivity index (χ2n) is 4.07. The zero-order valence-corrected chi connectivity index (χ0v) is 12.7. The maximum absolute atomic E-state index is 12.5. The van der Waals surface area contributed by atoms with Gasteiger partial charge in [0.25, 0.3) is 0 Å². The molecule has 0 amide bonds. The van der Waals surface area contributed by atoms with Gasteiger partial charge >= 0.3 is 0 Å². The van der Waals surface area contributed by atoms with Gasteiger partial charge in [-0.2, -0.15) is 0 Å². The molecule has 0 saturated carbocycles. The fourth-order valence-corrected chi connectivity index (χ4v) is 4.70. The van der Waals surface area contributed by atoms with Crippen LogP contribution in [-0.4, -0.2) is 14.2 Å². The van der Waals surface area contributed by atoms with Crippen LogP contribution >= 0.6 is 22.9 Å². The van der Waals surface area contributed by atoms with E-state index in [-0.39, 0.29) is 15.6 Å². The molecule has 0 spiro atoms. The van der Waals surface area contributed by atoms with Crippen LogP contribution in [0.4, 0.5) is 0 Å². The fraction of sp³-hybridized carbons (Fsp3) is 0.154. The zero-order chi connectivity index (χ0) is 14.2. The summed E-state index contributed by atoms with van der Waals surface area (Å²) in [6.45, 7) is 3.08. The summed E-state index contributed by atoms with van der Waals surface area (Å²) in [5.74, 6) is -0.125. The number of sulfone groups is 1. The summed E-state index contributed by atoms with van der Waals surface area (Å²) in [4.78, 5) is 12.2. The molecule has 0 fully saturated rings. The van der Waals surface area contributed by atoms with E-state index in [2.05, 4.69) is 0 Å². The lowest BCUT2D eigenvalue weighted by molar-refractivity contribution is 0.102. The highest BCUT2D eigenvalue weighted by molar-refractivity contribution is 7.91. The highest BCUT2D eigenvalue weighted by Gasteiger charge is 2.24. The minimum atomic E-state index is -3.60. The third-order valence-corrected chi connectivity index (χ3v) is 6.21. The van der Waals surface area contributed by atoms with Gasteiger partial charge in [-0.25, -0.2) is 8.42 Å². The van der Waals surface area contributed by atoms with Crippen LogP contribution in [0.15, 0.2) is 39.4 Å². The van der Waals surface area contributed by atoms with Crippen LogP contribution in [0.2, 0.25) is 5.02 Å². The summed E-state index contributed by atoms with van der Waals surface area (Å²) >= 11 is 6.90. The lowest BCUT2D eigenvalue weighted by Gasteiger charge is -2.04. The van der Waals surface area contributed by atoms with Crippen molar-refractivity contribution in [2.24, 2.45) is 0 Å². The van der Waals surface area contributed by atoms with E-state index in [0.29, 0.717) is 15.5 Å². The Morgan fingerprint density at radius 1 is 1.21 bits per heavy atom. The first-order chi connectivity index (χ1) is 8.84. The smallest absolute Gasteiger partial charge is 0.207 e. The Hall–Kier alpha value is -1.17. The van der Waals surface area contributed by atoms with Crippen molar-refractivity contribution in [3.63, 3.8) is 0 Å². The minimum Gasteiger partial charge on any atom is -0.294 e. The van der Waals surface area contributed by atoms with Crippen LogP contribution in [0.1, 0.15) is 22.2 Å². The summed E-state index contributed by atoms with van der Waals surface area (Å²) in [7, 11) is -3.60. The molecular formula is C13H11ClO3S2. The van der Waals surface area contributed by atoms with E-state index in [4.69, 9.17) is 11.6 Å². The predicted octanol–water partition coefficient (Wildman–Crippen LogP) is 3.75. The standard InChI is InChI=1S/C13H11ClO3S2/c1-8-12(7-18-13(8)9(2)15)19(16,17)11-5-3-10(14)4-6-11/h3-7H,1-2H3. The topological polar surface area (TPSA) is 51.2 Å². The molecule has 3 nitrogen and oxygen atoms in total. The Balaban J connectivity index is 2.57. The third kappa shape index (κ3) is 2.59. The molecular weight excluding hydrogens is 304 g/mol. The number of rotatable bonds is 3. The predicted molar refractivity (Wildman–Crippen MR) is 76.0 cm³/mol. The molecule has 0 saturated heterocycles. The molecule has 0 bridgehead atoms. The summed E-state index contributed by atoms with van der Waals surface area (Å²) < 4.78 is 24.9. The molecule has 0 unspecified atom stereocenters. The number of ketones is 1. The van der Waals surface area contributed by atoms with Crippen molar-refractivity contribution in [2.75, 3.05) is 0 Å². The van der Waals surface area contributed by atoms with Crippen molar-refractivity contribution in [3.05, 3.63) is 45.1 Å². The van der Waals surface area contributed by atoms with E-state index in [1.807, 2.05) is 0 Å². The maximum atomic E-state index is 12.5. The lowest BCUT2D eigenvalue weighted by atomic mass is 10.2. The average molecular weight is 315 g/mol. The van der Waals surface area contributed by atoms with Gasteiger partial charge in [0, 0.05) is 10.4 Å². The average Bonchev–Trinajstić information content (AvgIpc) is 2.72. The summed E-state index contributed by atoms with van der Waals surface area (Å²) in [5, 5.41) is 1.99. The number of hydrogen-bond acceptors (Lipinski definition) is 4. The zero-order valence-electron chi connectivity index (χ0n) is 10.3. The van der Waals surface area contributed by atoms with Crippen molar-refractivity contribution in [1.82, 2.24) is 0 Å². The molecule has 6 heteroatoms. The SMILES string of the molecule is CC(=O)c1scc(S(=O)(=O)c2ccc(Cl)cc2)c1C. The van der Waals surface area contributed by atoms with Gasteiger partial charge in [0.2, 0.25) is 9.84 Å². The Kier molecular flexibility index (Phi) is 3.80. The van der Waals surface area contributed by atoms with Gasteiger partial charge in [0.1, 0.15) is 0 Å². The normalized spacial score (nSPS) is 11.5. The van der Waals surface area contributed by atoms with E-state index < -0.39 is 9.84 Å². The quantitative estimate of drug-likeness (QED) is 0.811. The first-order valence-corrected chi connectivity index (χ1v) is 8.18. The number of hydrogen-bond donors (Lipinski definition) is 0. The second kappa shape index (κ2) is 5.07. The molecule has 19 heavy (non-hydrogen) atoms. The molecule has 2 rings (SSSR count). The number of carbonyl (C=O) groups excluding carboxylic acids is 1. The molecule has 0 aliphatic carbocycles. The van der Waals surface area contributed by atoms with Crippen molar-refractivity contribution in [3.8, 4) is 0 Å². The van der Waals surface area contributed by atoms with Crippen LogP contribution < -0.4 is 0 Å². The Morgan fingerprint density at radius 3 is 2.26 bits per heavy atom. The van der Waals surface area contributed by atoms with Crippen LogP contribution in [0.3, 0.4) is 0 Å². The molecule has 0 radical (unpaired) electrons. The van der Waals surface area contributed by atoms with Crippen LogP contribution in [-0.2, 0) is 9.84 Å². The molecule has 1 aromatic heterocycles. The molecule has 0 aliphatic rings. The van der Waals surface area contributed by atoms with E-state index in [9.17, 15) is 13.2 Å². The van der Waals surface area contributed by atoms with Crippen molar-refractivity contribution < 1.29 is 13.2 Å². The van der Waals surface area contributed by atoms with Crippen molar-refractivity contribution >= 4 is 38.6 Å². The number of benzene rings is 1. The van der Waals surface area contributed by atoms with Gasteiger partial charge in [-0.05, 0) is 43.7 Å². The van der Waals surface area contributed by atoms with Gasteiger partial charge in [0.15, 0.2) is 5.78 Å². The Labute approximate surface area is 120 Å². The number of halogens is 1. The van der Waals surface area contributed by atoms with Gasteiger partial charge in [-0.15, -0.1) is 11.3 Å². The number of Topliss-reactive ketones (excluding diaryl/α,β-unsaturated/α-hetero) is 1. The van der Waals surface area contributed by atoms with Gasteiger partial charge in [-0.3, -0.25) is 4.79 Å². The van der Waals surface area contributed by atoms with Crippen molar-refractivity contribution in [1.29, 1.82) is 0 Å². The highest BCUT2D eigenvalue weighted by Crippen LogP contribution is 2.31. The third-order valence-electron chi connectivity index (χ3n) is 2.73. The van der Waals surface area contributed by atoms with E-state index in [1.54, 1.807) is 6.92 Å². The maximum Gasteiger partial charge on any atom is 0.207 e. The lowest BCUT2D eigenvalue weighted by Crippen LogP contribution is -2.03. The number of thiophene rings is 1. The van der Waals surface area contributed by atoms with Crippen LogP contribution in [0.25, 0.3) is 0 Å². The molecule has 1 aromatic carbocycles. The van der Waals surface area contributed by atoms with Gasteiger partial charge in [0.05, 0.1) is 14.7 Å². The van der Waals surface area contributed by atoms with E-state index >= 15 is 0 Å². The number of carbonyl (C=O) groups is 1. The second-order valence-corrected chi connectivity index (χ2v) is 7.30. The summed E-state index contributed by atoms with van der Waals surface area (Å²) in [5.41, 5.74) is 0.507. The molecule has 0 N–H and O–H groups in total. The van der Waals surface area contributed by atoms with Gasteiger partial charge in [-0.1, -0.05) is 11.6 Å². The Bertz CT molecular complexity index is 728. The van der Waals surface area contributed by atoms with Crippen molar-refractivity contribution in [2.45, 2.75) is 23.6 Å². The molecule has 2 aromatic rings. The molecule has 0 atom stereocenters.